The monoisotopic (exact) mass is 346 g/mol. The van der Waals surface area contributed by atoms with Gasteiger partial charge in [0.25, 0.3) is 0 Å². The Morgan fingerprint density at radius 1 is 0.792 bits per heavy atom. The summed E-state index contributed by atoms with van der Waals surface area (Å²) in [5.74, 6) is -3.92. The van der Waals surface area contributed by atoms with E-state index >= 15 is 0 Å². The van der Waals surface area contributed by atoms with Crippen molar-refractivity contribution in [3.8, 4) is 0 Å². The second-order valence-corrected chi connectivity index (χ2v) is 5.86. The maximum atomic E-state index is 11.2. The Labute approximate surface area is 138 Å². The van der Waals surface area contributed by atoms with Crippen molar-refractivity contribution in [2.75, 3.05) is 26.2 Å². The Morgan fingerprint density at radius 2 is 1.29 bits per heavy atom. The van der Waals surface area contributed by atoms with Crippen LogP contribution in [0.2, 0.25) is 0 Å². The molecular formula is C14H22N2O8. The van der Waals surface area contributed by atoms with Gasteiger partial charge in [-0.15, -0.1) is 0 Å². The van der Waals surface area contributed by atoms with E-state index < -0.39 is 49.7 Å². The molecule has 0 aromatic rings. The lowest BCUT2D eigenvalue weighted by Crippen LogP contribution is -2.51. The first-order valence-electron chi connectivity index (χ1n) is 7.58. The molecule has 1 aliphatic carbocycles. The van der Waals surface area contributed by atoms with Crippen LogP contribution in [0.1, 0.15) is 25.7 Å². The molecule has 1 amide bonds. The Hall–Kier alpha value is -2.36. The van der Waals surface area contributed by atoms with Crippen molar-refractivity contribution < 1.29 is 39.6 Å². The molecule has 0 radical (unpaired) electrons. The molecule has 1 aliphatic rings. The summed E-state index contributed by atoms with van der Waals surface area (Å²) in [7, 11) is 0. The van der Waals surface area contributed by atoms with E-state index in [-0.39, 0.29) is 12.5 Å². The van der Waals surface area contributed by atoms with E-state index in [0.717, 1.165) is 17.7 Å². The number of hydrogen-bond acceptors (Lipinski definition) is 5. The van der Waals surface area contributed by atoms with E-state index in [2.05, 4.69) is 0 Å². The lowest BCUT2D eigenvalue weighted by Gasteiger charge is -2.40. The van der Waals surface area contributed by atoms with Gasteiger partial charge in [0.1, 0.15) is 6.54 Å². The van der Waals surface area contributed by atoms with Crippen LogP contribution in [0, 0.1) is 5.92 Å². The summed E-state index contributed by atoms with van der Waals surface area (Å²) in [5, 5.41) is 35.9. The number of carboxylic acid groups (broad SMARTS) is 4. The molecule has 24 heavy (non-hydrogen) atoms. The van der Waals surface area contributed by atoms with Gasteiger partial charge in [0.2, 0.25) is 0 Å². The zero-order chi connectivity index (χ0) is 18.3. The predicted octanol–water partition coefficient (Wildman–Crippen LogP) is 0.0810. The van der Waals surface area contributed by atoms with Gasteiger partial charge in [0, 0.05) is 12.6 Å². The van der Waals surface area contributed by atoms with Gasteiger partial charge in [-0.2, -0.15) is 0 Å². The van der Waals surface area contributed by atoms with E-state index in [1.54, 1.807) is 0 Å². The maximum Gasteiger partial charge on any atom is 0.407 e. The molecule has 0 spiro atoms. The SMILES string of the molecule is O=C(O)CN(CC1CCCCC1N(CC(=O)O)CC(=O)O)C(=O)O. The van der Waals surface area contributed by atoms with Crippen LogP contribution in [-0.4, -0.2) is 86.4 Å². The number of rotatable bonds is 9. The topological polar surface area (TPSA) is 156 Å². The van der Waals surface area contributed by atoms with Crippen LogP contribution in [0.15, 0.2) is 0 Å². The van der Waals surface area contributed by atoms with E-state index in [4.69, 9.17) is 20.4 Å². The van der Waals surface area contributed by atoms with Gasteiger partial charge in [0.05, 0.1) is 13.1 Å². The van der Waals surface area contributed by atoms with Crippen molar-refractivity contribution >= 4 is 24.0 Å². The van der Waals surface area contributed by atoms with Crippen molar-refractivity contribution in [1.29, 1.82) is 0 Å². The van der Waals surface area contributed by atoms with Crippen molar-refractivity contribution in [2.45, 2.75) is 31.7 Å². The van der Waals surface area contributed by atoms with Crippen LogP contribution in [0.5, 0.6) is 0 Å². The van der Waals surface area contributed by atoms with Crippen LogP contribution >= 0.6 is 0 Å². The van der Waals surface area contributed by atoms with Gasteiger partial charge >= 0.3 is 24.0 Å². The molecule has 10 heteroatoms. The molecule has 10 nitrogen and oxygen atoms in total. The maximum absolute atomic E-state index is 11.2. The zero-order valence-electron chi connectivity index (χ0n) is 13.1. The van der Waals surface area contributed by atoms with Crippen molar-refractivity contribution in [3.63, 3.8) is 0 Å². The standard InChI is InChI=1S/C14H22N2O8/c17-11(18)6-15(7-12(19)20)10-4-2-1-3-9(10)5-16(14(23)24)8-13(21)22/h9-10H,1-8H2,(H,17,18)(H,19,20)(H,21,22)(H,23,24). The van der Waals surface area contributed by atoms with E-state index in [9.17, 15) is 19.2 Å². The van der Waals surface area contributed by atoms with Gasteiger partial charge < -0.3 is 20.4 Å². The van der Waals surface area contributed by atoms with E-state index in [1.807, 2.05) is 0 Å². The first-order chi connectivity index (χ1) is 11.2. The Kier molecular flexibility index (Phi) is 7.43. The molecule has 4 N–H and O–H groups in total. The summed E-state index contributed by atoms with van der Waals surface area (Å²) in [6.45, 7) is -1.66. The quantitative estimate of drug-likeness (QED) is 0.454. The fourth-order valence-electron chi connectivity index (χ4n) is 3.18. The average Bonchev–Trinajstić information content (AvgIpc) is 2.44. The van der Waals surface area contributed by atoms with Gasteiger partial charge in [0.15, 0.2) is 0 Å². The minimum Gasteiger partial charge on any atom is -0.480 e. The largest absolute Gasteiger partial charge is 0.480 e. The fraction of sp³-hybridized carbons (Fsp3) is 0.714. The van der Waals surface area contributed by atoms with Crippen LogP contribution in [0.4, 0.5) is 4.79 Å². The Bertz CT molecular complexity index is 479. The number of carboxylic acids is 3. The molecule has 1 fully saturated rings. The third-order valence-electron chi connectivity index (χ3n) is 4.07. The lowest BCUT2D eigenvalue weighted by atomic mass is 9.83. The van der Waals surface area contributed by atoms with Crippen LogP contribution < -0.4 is 0 Å². The fourth-order valence-corrected chi connectivity index (χ4v) is 3.18. The number of carbonyl (C=O) groups is 4. The molecule has 0 aromatic carbocycles. The summed E-state index contributed by atoms with van der Waals surface area (Å²) in [4.78, 5) is 46.1. The number of amides is 1. The average molecular weight is 346 g/mol. The smallest absolute Gasteiger partial charge is 0.407 e. The second kappa shape index (κ2) is 9.06. The molecular weight excluding hydrogens is 324 g/mol. The van der Waals surface area contributed by atoms with Crippen molar-refractivity contribution in [3.05, 3.63) is 0 Å². The molecule has 0 saturated heterocycles. The third-order valence-corrected chi connectivity index (χ3v) is 4.07. The zero-order valence-corrected chi connectivity index (χ0v) is 13.1. The molecule has 136 valence electrons. The minimum absolute atomic E-state index is 0.0674. The van der Waals surface area contributed by atoms with E-state index in [0.29, 0.717) is 12.8 Å². The van der Waals surface area contributed by atoms with Gasteiger partial charge in [-0.3, -0.25) is 24.2 Å². The van der Waals surface area contributed by atoms with Crippen molar-refractivity contribution in [2.24, 2.45) is 5.92 Å². The molecule has 1 rings (SSSR count). The van der Waals surface area contributed by atoms with Crippen LogP contribution in [-0.2, 0) is 14.4 Å². The first kappa shape index (κ1) is 19.7. The highest BCUT2D eigenvalue weighted by molar-refractivity contribution is 5.75. The summed E-state index contributed by atoms with van der Waals surface area (Å²) in [5.41, 5.74) is 0. The molecule has 1 saturated carbocycles. The van der Waals surface area contributed by atoms with Gasteiger partial charge in [-0.05, 0) is 18.8 Å². The molecule has 0 heterocycles. The minimum atomic E-state index is -1.37. The molecule has 0 bridgehead atoms. The summed E-state index contributed by atoms with van der Waals surface area (Å²) in [6.07, 6.45) is 1.35. The molecule has 0 aromatic heterocycles. The highest BCUT2D eigenvalue weighted by Crippen LogP contribution is 2.29. The normalized spacial score (nSPS) is 20.5. The third kappa shape index (κ3) is 6.41. The first-order valence-corrected chi connectivity index (χ1v) is 7.58. The number of hydrogen-bond donors (Lipinski definition) is 4. The predicted molar refractivity (Wildman–Crippen MR) is 79.8 cm³/mol. The highest BCUT2D eigenvalue weighted by Gasteiger charge is 2.34. The van der Waals surface area contributed by atoms with E-state index in [1.165, 1.54) is 4.90 Å². The molecule has 2 unspecified atom stereocenters. The Balaban J connectivity index is 2.90. The van der Waals surface area contributed by atoms with Crippen molar-refractivity contribution in [1.82, 2.24) is 9.80 Å². The molecule has 2 atom stereocenters. The van der Waals surface area contributed by atoms with Gasteiger partial charge in [-0.1, -0.05) is 12.8 Å². The summed E-state index contributed by atoms with van der Waals surface area (Å²) < 4.78 is 0. The summed E-state index contributed by atoms with van der Waals surface area (Å²) >= 11 is 0. The lowest BCUT2D eigenvalue weighted by molar-refractivity contribution is -0.143. The molecule has 0 aliphatic heterocycles. The van der Waals surface area contributed by atoms with Gasteiger partial charge in [-0.25, -0.2) is 4.79 Å². The highest BCUT2D eigenvalue weighted by atomic mass is 16.4. The second-order valence-electron chi connectivity index (χ2n) is 5.86. The number of nitrogens with zero attached hydrogens (tertiary/aromatic N) is 2. The summed E-state index contributed by atoms with van der Waals surface area (Å²) in [6, 6.07) is -0.415. The number of aliphatic carboxylic acids is 3. The Morgan fingerprint density at radius 3 is 1.75 bits per heavy atom. The van der Waals surface area contributed by atoms with Crippen LogP contribution in [0.25, 0.3) is 0 Å². The van der Waals surface area contributed by atoms with Crippen LogP contribution in [0.3, 0.4) is 0 Å².